The van der Waals surface area contributed by atoms with E-state index in [2.05, 4.69) is 23.1 Å². The lowest BCUT2D eigenvalue weighted by molar-refractivity contribution is -0.122. The van der Waals surface area contributed by atoms with Crippen LogP contribution in [0.15, 0.2) is 18.2 Å². The first-order chi connectivity index (χ1) is 12.4. The predicted octanol–water partition coefficient (Wildman–Crippen LogP) is 3.75. The molecule has 9 heteroatoms. The van der Waals surface area contributed by atoms with Crippen LogP contribution in [0.2, 0.25) is 10.0 Å². The van der Waals surface area contributed by atoms with Crippen LogP contribution in [0.5, 0.6) is 5.75 Å². The van der Waals surface area contributed by atoms with Crippen LogP contribution in [0.4, 0.5) is 0 Å². The van der Waals surface area contributed by atoms with Gasteiger partial charge >= 0.3 is 0 Å². The van der Waals surface area contributed by atoms with Gasteiger partial charge in [0, 0.05) is 17.9 Å². The van der Waals surface area contributed by atoms with Crippen LogP contribution in [0.3, 0.4) is 0 Å². The third-order valence-electron chi connectivity index (χ3n) is 3.28. The molecule has 0 saturated carbocycles. The molecular formula is C17H23Cl2N3O3S. The SMILES string of the molecule is CCCCCC(=O)NNC(=S)NC(=O)CCCOc1ccc(Cl)cc1Cl. The number of carbonyl (C=O) groups excluding carboxylic acids is 2. The van der Waals surface area contributed by atoms with E-state index >= 15 is 0 Å². The summed E-state index contributed by atoms with van der Waals surface area (Å²) < 4.78 is 5.50. The standard InChI is InChI=1S/C17H23Cl2N3O3S/c1-2-3-4-6-16(24)21-22-17(26)20-15(23)7-5-10-25-14-9-8-12(18)11-13(14)19/h8-9,11H,2-7,10H2,1H3,(H,21,24)(H2,20,22,23,26). The first-order valence-corrected chi connectivity index (χ1v) is 9.55. The molecule has 144 valence electrons. The third-order valence-corrected chi connectivity index (χ3v) is 4.01. The number of ether oxygens (including phenoxy) is 1. The van der Waals surface area contributed by atoms with Crippen molar-refractivity contribution in [1.82, 2.24) is 16.2 Å². The van der Waals surface area contributed by atoms with E-state index in [0.717, 1.165) is 19.3 Å². The van der Waals surface area contributed by atoms with Crippen LogP contribution < -0.4 is 20.9 Å². The van der Waals surface area contributed by atoms with Gasteiger partial charge in [0.25, 0.3) is 0 Å². The predicted molar refractivity (Wildman–Crippen MR) is 107 cm³/mol. The fraction of sp³-hybridized carbons (Fsp3) is 0.471. The van der Waals surface area contributed by atoms with Gasteiger partial charge in [0.2, 0.25) is 11.8 Å². The van der Waals surface area contributed by atoms with Gasteiger partial charge in [0.05, 0.1) is 11.6 Å². The Kier molecular flexibility index (Phi) is 11.0. The van der Waals surface area contributed by atoms with Gasteiger partial charge in [0.1, 0.15) is 5.75 Å². The van der Waals surface area contributed by atoms with Crippen molar-refractivity contribution < 1.29 is 14.3 Å². The number of unbranched alkanes of at least 4 members (excludes halogenated alkanes) is 2. The minimum atomic E-state index is -0.270. The van der Waals surface area contributed by atoms with Crippen LogP contribution in [-0.2, 0) is 9.59 Å². The Labute approximate surface area is 168 Å². The zero-order valence-corrected chi connectivity index (χ0v) is 16.9. The third kappa shape index (κ3) is 9.79. The Morgan fingerprint density at radius 3 is 2.50 bits per heavy atom. The normalized spacial score (nSPS) is 10.1. The molecule has 0 radical (unpaired) electrons. The van der Waals surface area contributed by atoms with Gasteiger partial charge in [-0.05, 0) is 43.3 Å². The molecule has 3 N–H and O–H groups in total. The molecule has 1 aromatic carbocycles. The Morgan fingerprint density at radius 1 is 1.08 bits per heavy atom. The maximum atomic E-state index is 11.8. The van der Waals surface area contributed by atoms with Gasteiger partial charge in [-0.1, -0.05) is 43.0 Å². The van der Waals surface area contributed by atoms with Crippen molar-refractivity contribution in [3.05, 3.63) is 28.2 Å². The van der Waals surface area contributed by atoms with Crippen LogP contribution in [-0.4, -0.2) is 23.5 Å². The summed E-state index contributed by atoms with van der Waals surface area (Å²) in [5, 5.41) is 3.49. The Hall–Kier alpha value is -1.57. The van der Waals surface area contributed by atoms with Gasteiger partial charge in [-0.2, -0.15) is 0 Å². The van der Waals surface area contributed by atoms with Crippen molar-refractivity contribution in [2.45, 2.75) is 45.4 Å². The van der Waals surface area contributed by atoms with E-state index in [4.69, 9.17) is 40.2 Å². The fourth-order valence-corrected chi connectivity index (χ4v) is 2.58. The number of halogens is 2. The maximum Gasteiger partial charge on any atom is 0.238 e. The van der Waals surface area contributed by atoms with Crippen LogP contribution in [0.1, 0.15) is 45.4 Å². The number of benzene rings is 1. The number of rotatable bonds is 9. The van der Waals surface area contributed by atoms with Gasteiger partial charge in [-0.3, -0.25) is 20.4 Å². The zero-order chi connectivity index (χ0) is 19.4. The number of hydrogen-bond donors (Lipinski definition) is 3. The lowest BCUT2D eigenvalue weighted by Crippen LogP contribution is -2.48. The molecule has 1 aromatic rings. The Morgan fingerprint density at radius 2 is 1.81 bits per heavy atom. The average molecular weight is 420 g/mol. The summed E-state index contributed by atoms with van der Waals surface area (Å²) in [6, 6.07) is 4.94. The molecule has 0 unspecified atom stereocenters. The summed E-state index contributed by atoms with van der Waals surface area (Å²) in [4.78, 5) is 23.3. The molecule has 0 fully saturated rings. The van der Waals surface area contributed by atoms with Crippen LogP contribution in [0, 0.1) is 0 Å². The van der Waals surface area contributed by atoms with Crippen molar-refractivity contribution >= 4 is 52.3 Å². The van der Waals surface area contributed by atoms with Crippen molar-refractivity contribution in [2.24, 2.45) is 0 Å². The molecule has 0 bridgehead atoms. The van der Waals surface area contributed by atoms with Crippen molar-refractivity contribution in [3.8, 4) is 5.75 Å². The number of thiocarbonyl (C=S) groups is 1. The van der Waals surface area contributed by atoms with Crippen LogP contribution >= 0.6 is 35.4 Å². The molecule has 6 nitrogen and oxygen atoms in total. The molecule has 0 spiro atoms. The van der Waals surface area contributed by atoms with Crippen molar-refractivity contribution in [1.29, 1.82) is 0 Å². The van der Waals surface area contributed by atoms with Crippen molar-refractivity contribution in [2.75, 3.05) is 6.61 Å². The zero-order valence-electron chi connectivity index (χ0n) is 14.6. The molecule has 2 amide bonds. The van der Waals surface area contributed by atoms with Gasteiger partial charge in [0.15, 0.2) is 5.11 Å². The number of amides is 2. The highest BCUT2D eigenvalue weighted by Crippen LogP contribution is 2.27. The molecule has 1 rings (SSSR count). The molecule has 0 saturated heterocycles. The molecule has 0 aliphatic carbocycles. The second-order valence-electron chi connectivity index (χ2n) is 5.53. The minimum absolute atomic E-state index is 0.0560. The van der Waals surface area contributed by atoms with Gasteiger partial charge < -0.3 is 10.1 Å². The second kappa shape index (κ2) is 12.7. The minimum Gasteiger partial charge on any atom is -0.492 e. The first kappa shape index (κ1) is 22.5. The van der Waals surface area contributed by atoms with Crippen molar-refractivity contribution in [3.63, 3.8) is 0 Å². The van der Waals surface area contributed by atoms with Crippen LogP contribution in [0.25, 0.3) is 0 Å². The van der Waals surface area contributed by atoms with E-state index in [-0.39, 0.29) is 23.3 Å². The molecule has 0 heterocycles. The first-order valence-electron chi connectivity index (χ1n) is 8.39. The number of hydrazine groups is 1. The quantitative estimate of drug-likeness (QED) is 0.322. The Bertz CT molecular complexity index is 629. The summed E-state index contributed by atoms with van der Waals surface area (Å²) in [6.07, 6.45) is 3.98. The molecule has 0 aliphatic heterocycles. The van der Waals surface area contributed by atoms with E-state index < -0.39 is 0 Å². The van der Waals surface area contributed by atoms with E-state index in [1.165, 1.54) is 0 Å². The maximum absolute atomic E-state index is 11.8. The number of hydrogen-bond acceptors (Lipinski definition) is 4. The Balaban J connectivity index is 2.15. The lowest BCUT2D eigenvalue weighted by atomic mass is 10.2. The topological polar surface area (TPSA) is 79.5 Å². The molecule has 0 aliphatic rings. The molecular weight excluding hydrogens is 397 g/mol. The van der Waals surface area contributed by atoms with E-state index in [0.29, 0.717) is 35.2 Å². The second-order valence-corrected chi connectivity index (χ2v) is 6.79. The molecule has 0 aromatic heterocycles. The number of nitrogens with one attached hydrogen (secondary N) is 3. The summed E-state index contributed by atoms with van der Waals surface area (Å²) in [6.45, 7) is 2.39. The van der Waals surface area contributed by atoms with Gasteiger partial charge in [-0.15, -0.1) is 0 Å². The monoisotopic (exact) mass is 419 g/mol. The molecule has 26 heavy (non-hydrogen) atoms. The largest absolute Gasteiger partial charge is 0.492 e. The summed E-state index contributed by atoms with van der Waals surface area (Å²) in [5.74, 6) is 0.0799. The smallest absolute Gasteiger partial charge is 0.238 e. The van der Waals surface area contributed by atoms with Gasteiger partial charge in [-0.25, -0.2) is 0 Å². The van der Waals surface area contributed by atoms with E-state index in [1.807, 2.05) is 0 Å². The highest BCUT2D eigenvalue weighted by Gasteiger charge is 2.07. The highest BCUT2D eigenvalue weighted by molar-refractivity contribution is 7.80. The van der Waals surface area contributed by atoms with E-state index in [1.54, 1.807) is 18.2 Å². The fourth-order valence-electron chi connectivity index (χ4n) is 1.95. The van der Waals surface area contributed by atoms with E-state index in [9.17, 15) is 9.59 Å². The summed E-state index contributed by atoms with van der Waals surface area (Å²) in [7, 11) is 0. The lowest BCUT2D eigenvalue weighted by Gasteiger charge is -2.11. The summed E-state index contributed by atoms with van der Waals surface area (Å²) in [5.41, 5.74) is 4.96. The highest BCUT2D eigenvalue weighted by atomic mass is 35.5. The number of carbonyl (C=O) groups is 2. The average Bonchev–Trinajstić information content (AvgIpc) is 2.58. The molecule has 0 atom stereocenters. The summed E-state index contributed by atoms with van der Waals surface area (Å²) >= 11 is 16.7.